The molecule has 116 valence electrons. The summed E-state index contributed by atoms with van der Waals surface area (Å²) in [6, 6.07) is 9.62. The number of pyridine rings is 1. The van der Waals surface area contributed by atoms with Crippen LogP contribution < -0.4 is 5.32 Å². The third kappa shape index (κ3) is 4.28. The van der Waals surface area contributed by atoms with Crippen LogP contribution in [0.25, 0.3) is 0 Å². The van der Waals surface area contributed by atoms with E-state index in [1.54, 1.807) is 42.4 Å². The molecule has 2 aromatic rings. The summed E-state index contributed by atoms with van der Waals surface area (Å²) in [5, 5.41) is 3.05. The first kappa shape index (κ1) is 15.9. The molecule has 1 N–H and O–H groups in total. The smallest absolute Gasteiger partial charge is 0.272 e. The molecule has 1 heterocycles. The molecule has 0 aliphatic carbocycles. The number of unbranched alkanes of at least 4 members (excludes halogenated alkanes) is 1. The molecule has 1 amide bonds. The molecule has 1 aromatic heterocycles. The molecule has 0 bridgehead atoms. The molecule has 5 heteroatoms. The maximum atomic E-state index is 13.1. The lowest BCUT2D eigenvalue weighted by Crippen LogP contribution is -2.28. The van der Waals surface area contributed by atoms with Gasteiger partial charge in [-0.1, -0.05) is 19.4 Å². The van der Waals surface area contributed by atoms with Crippen molar-refractivity contribution in [2.75, 3.05) is 18.9 Å². The molecule has 0 radical (unpaired) electrons. The van der Waals surface area contributed by atoms with E-state index in [0.717, 1.165) is 19.4 Å². The van der Waals surface area contributed by atoms with Gasteiger partial charge in [0.1, 0.15) is 11.5 Å². The zero-order valence-electron chi connectivity index (χ0n) is 12.8. The van der Waals surface area contributed by atoms with E-state index in [1.165, 1.54) is 12.1 Å². The first-order valence-electron chi connectivity index (χ1n) is 7.34. The van der Waals surface area contributed by atoms with E-state index in [2.05, 4.69) is 17.2 Å². The highest BCUT2D eigenvalue weighted by molar-refractivity contribution is 5.92. The van der Waals surface area contributed by atoms with Gasteiger partial charge in [-0.25, -0.2) is 9.37 Å². The Labute approximate surface area is 130 Å². The molecule has 0 saturated carbocycles. The van der Waals surface area contributed by atoms with Crippen LogP contribution in [-0.2, 0) is 0 Å². The maximum Gasteiger partial charge on any atom is 0.272 e. The summed E-state index contributed by atoms with van der Waals surface area (Å²) in [5.74, 6) is -0.395. The van der Waals surface area contributed by atoms with Crippen LogP contribution in [0.3, 0.4) is 0 Å². The zero-order valence-corrected chi connectivity index (χ0v) is 12.8. The van der Waals surface area contributed by atoms with E-state index in [0.29, 0.717) is 17.1 Å². The highest BCUT2D eigenvalue weighted by Gasteiger charge is 2.12. The van der Waals surface area contributed by atoms with Crippen LogP contribution in [0.5, 0.6) is 0 Å². The fraction of sp³-hybridized carbons (Fsp3) is 0.294. The molecule has 0 aliphatic heterocycles. The molecule has 0 atom stereocenters. The average Bonchev–Trinajstić information content (AvgIpc) is 2.52. The molecular formula is C17H20FN3O. The second-order valence-corrected chi connectivity index (χ2v) is 5.15. The number of nitrogens with zero attached hydrogens (tertiary/aromatic N) is 2. The quantitative estimate of drug-likeness (QED) is 0.882. The molecule has 0 unspecified atom stereocenters. The minimum absolute atomic E-state index is 0.0919. The first-order chi connectivity index (χ1) is 10.6. The van der Waals surface area contributed by atoms with Gasteiger partial charge in [0.05, 0.1) is 11.9 Å². The fourth-order valence-electron chi connectivity index (χ4n) is 2.02. The third-order valence-corrected chi connectivity index (χ3v) is 3.29. The summed E-state index contributed by atoms with van der Waals surface area (Å²) < 4.78 is 13.1. The van der Waals surface area contributed by atoms with E-state index in [4.69, 9.17) is 0 Å². The number of rotatable bonds is 6. The number of aromatic nitrogens is 1. The average molecular weight is 301 g/mol. The van der Waals surface area contributed by atoms with Crippen molar-refractivity contribution >= 4 is 17.3 Å². The molecule has 1 aromatic carbocycles. The van der Waals surface area contributed by atoms with Crippen LogP contribution in [0, 0.1) is 5.82 Å². The fourth-order valence-corrected chi connectivity index (χ4v) is 2.02. The number of halogens is 1. The van der Waals surface area contributed by atoms with Gasteiger partial charge in [-0.3, -0.25) is 4.79 Å². The van der Waals surface area contributed by atoms with Crippen molar-refractivity contribution in [2.24, 2.45) is 0 Å². The molecule has 2 rings (SSSR count). The second-order valence-electron chi connectivity index (χ2n) is 5.15. The van der Waals surface area contributed by atoms with Gasteiger partial charge in [0.15, 0.2) is 0 Å². The molecule has 0 fully saturated rings. The van der Waals surface area contributed by atoms with Gasteiger partial charge < -0.3 is 10.2 Å². The molecular weight excluding hydrogens is 281 g/mol. The van der Waals surface area contributed by atoms with E-state index in [1.807, 2.05) is 0 Å². The standard InChI is InChI=1S/C17H20FN3O/c1-3-4-10-21(2)17(22)16-9-8-15(12-19-16)20-14-7-5-6-13(18)11-14/h5-9,11-12,20H,3-4,10H2,1-2H3. The molecule has 0 aliphatic rings. The maximum absolute atomic E-state index is 13.1. The van der Waals surface area contributed by atoms with E-state index < -0.39 is 0 Å². The topological polar surface area (TPSA) is 45.2 Å². The van der Waals surface area contributed by atoms with Crippen molar-refractivity contribution in [3.05, 3.63) is 54.1 Å². The number of carbonyl (C=O) groups is 1. The van der Waals surface area contributed by atoms with E-state index in [9.17, 15) is 9.18 Å². The first-order valence-corrected chi connectivity index (χ1v) is 7.34. The highest BCUT2D eigenvalue weighted by Crippen LogP contribution is 2.17. The summed E-state index contributed by atoms with van der Waals surface area (Å²) in [7, 11) is 1.78. The lowest BCUT2D eigenvalue weighted by atomic mass is 10.2. The number of carbonyl (C=O) groups excluding carboxylic acids is 1. The number of hydrogen-bond donors (Lipinski definition) is 1. The van der Waals surface area contributed by atoms with E-state index >= 15 is 0 Å². The summed E-state index contributed by atoms with van der Waals surface area (Å²) in [5.41, 5.74) is 1.75. The minimum Gasteiger partial charge on any atom is -0.354 e. The van der Waals surface area contributed by atoms with Crippen LogP contribution in [0.2, 0.25) is 0 Å². The highest BCUT2D eigenvalue weighted by atomic mass is 19.1. The zero-order chi connectivity index (χ0) is 15.9. The predicted octanol–water partition coefficient (Wildman–Crippen LogP) is 3.84. The van der Waals surface area contributed by atoms with Crippen LogP contribution >= 0.6 is 0 Å². The van der Waals surface area contributed by atoms with Crippen molar-refractivity contribution in [3.63, 3.8) is 0 Å². The van der Waals surface area contributed by atoms with Crippen molar-refractivity contribution in [2.45, 2.75) is 19.8 Å². The van der Waals surface area contributed by atoms with Crippen LogP contribution in [0.15, 0.2) is 42.6 Å². The Morgan fingerprint density at radius 2 is 2.09 bits per heavy atom. The van der Waals surface area contributed by atoms with E-state index in [-0.39, 0.29) is 11.7 Å². The number of anilines is 2. The Balaban J connectivity index is 2.02. The van der Waals surface area contributed by atoms with Crippen LogP contribution in [0.4, 0.5) is 15.8 Å². The predicted molar refractivity (Wildman–Crippen MR) is 85.8 cm³/mol. The molecule has 0 saturated heterocycles. The van der Waals surface area contributed by atoms with Gasteiger partial charge in [0.25, 0.3) is 5.91 Å². The lowest BCUT2D eigenvalue weighted by Gasteiger charge is -2.16. The monoisotopic (exact) mass is 301 g/mol. The van der Waals surface area contributed by atoms with Crippen LogP contribution in [-0.4, -0.2) is 29.4 Å². The molecule has 4 nitrogen and oxygen atoms in total. The van der Waals surface area contributed by atoms with Gasteiger partial charge in [-0.05, 0) is 36.8 Å². The van der Waals surface area contributed by atoms with Gasteiger partial charge in [-0.2, -0.15) is 0 Å². The van der Waals surface area contributed by atoms with Crippen molar-refractivity contribution in [1.82, 2.24) is 9.88 Å². The van der Waals surface area contributed by atoms with Gasteiger partial charge >= 0.3 is 0 Å². The normalized spacial score (nSPS) is 10.3. The second kappa shape index (κ2) is 7.54. The number of nitrogens with one attached hydrogen (secondary N) is 1. The largest absolute Gasteiger partial charge is 0.354 e. The third-order valence-electron chi connectivity index (χ3n) is 3.29. The summed E-state index contributed by atoms with van der Waals surface area (Å²) in [6.45, 7) is 2.81. The lowest BCUT2D eigenvalue weighted by molar-refractivity contribution is 0.0787. The Kier molecular flexibility index (Phi) is 5.47. The molecule has 0 spiro atoms. The SMILES string of the molecule is CCCCN(C)C(=O)c1ccc(Nc2cccc(F)c2)cn1. The Hall–Kier alpha value is -2.43. The van der Waals surface area contributed by atoms with Crippen molar-refractivity contribution < 1.29 is 9.18 Å². The Bertz CT molecular complexity index is 628. The van der Waals surface area contributed by atoms with Crippen molar-refractivity contribution in [3.8, 4) is 0 Å². The Morgan fingerprint density at radius 1 is 1.27 bits per heavy atom. The van der Waals surface area contributed by atoms with Gasteiger partial charge in [0.2, 0.25) is 0 Å². The van der Waals surface area contributed by atoms with Gasteiger partial charge in [-0.15, -0.1) is 0 Å². The Morgan fingerprint density at radius 3 is 2.73 bits per heavy atom. The minimum atomic E-state index is -0.303. The van der Waals surface area contributed by atoms with Crippen LogP contribution in [0.1, 0.15) is 30.3 Å². The molecule has 22 heavy (non-hydrogen) atoms. The number of amides is 1. The summed E-state index contributed by atoms with van der Waals surface area (Å²) >= 11 is 0. The number of hydrogen-bond acceptors (Lipinski definition) is 3. The summed E-state index contributed by atoms with van der Waals surface area (Å²) in [6.07, 6.45) is 3.59. The summed E-state index contributed by atoms with van der Waals surface area (Å²) in [4.78, 5) is 18.0. The van der Waals surface area contributed by atoms with Crippen molar-refractivity contribution in [1.29, 1.82) is 0 Å². The van der Waals surface area contributed by atoms with Gasteiger partial charge in [0, 0.05) is 19.3 Å². The number of benzene rings is 1.